The van der Waals surface area contributed by atoms with Crippen molar-refractivity contribution in [3.8, 4) is 5.75 Å². The molecule has 1 aliphatic heterocycles. The molecule has 0 aromatic carbocycles. The first-order valence-corrected chi connectivity index (χ1v) is 6.46. The normalized spacial score (nSPS) is 17.8. The first kappa shape index (κ1) is 13.8. The van der Waals surface area contributed by atoms with Crippen LogP contribution in [0, 0.1) is 5.92 Å². The first-order valence-electron chi connectivity index (χ1n) is 6.46. The zero-order chi connectivity index (χ0) is 13.7. The minimum Gasteiger partial charge on any atom is -0.490 e. The minimum atomic E-state index is 0.290. The molecule has 7 nitrogen and oxygen atoms in total. The average molecular weight is 267 g/mol. The van der Waals surface area contributed by atoms with Crippen molar-refractivity contribution in [3.05, 3.63) is 6.33 Å². The molecule has 1 aliphatic rings. The molecule has 106 valence electrons. The van der Waals surface area contributed by atoms with E-state index in [1.807, 2.05) is 0 Å². The maximum atomic E-state index is 5.40. The maximum Gasteiger partial charge on any atom is 0.205 e. The lowest BCUT2D eigenvalue weighted by Gasteiger charge is -2.29. The van der Waals surface area contributed by atoms with Crippen molar-refractivity contribution in [2.45, 2.75) is 25.8 Å². The summed E-state index contributed by atoms with van der Waals surface area (Å²) in [5.41, 5.74) is 2.50. The molecule has 1 aromatic heterocycles. The lowest BCUT2D eigenvalue weighted by molar-refractivity contribution is 0.0622. The van der Waals surface area contributed by atoms with Crippen LogP contribution in [0.4, 0.5) is 11.6 Å². The van der Waals surface area contributed by atoms with Gasteiger partial charge in [-0.1, -0.05) is 0 Å². The molecule has 0 spiro atoms. The molecule has 2 heterocycles. The Labute approximate surface area is 112 Å². The van der Waals surface area contributed by atoms with Crippen molar-refractivity contribution < 1.29 is 9.47 Å². The molecule has 0 saturated carbocycles. The van der Waals surface area contributed by atoms with E-state index in [0.29, 0.717) is 29.3 Å². The number of nitrogens with zero attached hydrogens (tertiary/aromatic N) is 2. The molecule has 1 atom stereocenters. The Kier molecular flexibility index (Phi) is 4.75. The van der Waals surface area contributed by atoms with Crippen LogP contribution in [0.3, 0.4) is 0 Å². The predicted molar refractivity (Wildman–Crippen MR) is 73.0 cm³/mol. The maximum absolute atomic E-state index is 5.40. The molecular formula is C12H21N5O2. The van der Waals surface area contributed by atoms with Gasteiger partial charge in [-0.05, 0) is 25.7 Å². The summed E-state index contributed by atoms with van der Waals surface area (Å²) in [4.78, 5) is 8.24. The van der Waals surface area contributed by atoms with Gasteiger partial charge in [0, 0.05) is 19.3 Å². The van der Waals surface area contributed by atoms with E-state index < -0.39 is 0 Å². The van der Waals surface area contributed by atoms with Crippen LogP contribution in [0.1, 0.15) is 19.8 Å². The van der Waals surface area contributed by atoms with Crippen LogP contribution in [0.5, 0.6) is 5.75 Å². The van der Waals surface area contributed by atoms with Crippen LogP contribution in [-0.2, 0) is 4.74 Å². The monoisotopic (exact) mass is 267 g/mol. The third kappa shape index (κ3) is 3.24. The number of hydrogen-bond donors (Lipinski definition) is 3. The van der Waals surface area contributed by atoms with Crippen molar-refractivity contribution in [1.82, 2.24) is 9.97 Å². The first-order chi connectivity index (χ1) is 9.26. The van der Waals surface area contributed by atoms with Crippen LogP contribution in [0.2, 0.25) is 0 Å². The molecule has 1 unspecified atom stereocenters. The number of nitrogen functional groups attached to an aromatic ring is 1. The van der Waals surface area contributed by atoms with E-state index in [2.05, 4.69) is 27.6 Å². The molecule has 4 N–H and O–H groups in total. The molecule has 1 saturated heterocycles. The summed E-state index contributed by atoms with van der Waals surface area (Å²) in [5, 5.41) is 3.38. The van der Waals surface area contributed by atoms with E-state index in [4.69, 9.17) is 15.3 Å². The Balaban J connectivity index is 2.09. The molecule has 0 radical (unpaired) electrons. The van der Waals surface area contributed by atoms with Gasteiger partial charge in [-0.15, -0.1) is 0 Å². The largest absolute Gasteiger partial charge is 0.490 e. The van der Waals surface area contributed by atoms with Crippen molar-refractivity contribution in [2.75, 3.05) is 31.1 Å². The number of methoxy groups -OCH3 is 1. The van der Waals surface area contributed by atoms with Crippen molar-refractivity contribution in [1.29, 1.82) is 0 Å². The lowest BCUT2D eigenvalue weighted by atomic mass is 9.93. The van der Waals surface area contributed by atoms with Crippen molar-refractivity contribution in [3.63, 3.8) is 0 Å². The van der Waals surface area contributed by atoms with Gasteiger partial charge in [0.2, 0.25) is 5.75 Å². The fourth-order valence-corrected chi connectivity index (χ4v) is 2.32. The number of hydrogen-bond acceptors (Lipinski definition) is 7. The van der Waals surface area contributed by atoms with Gasteiger partial charge in [-0.3, -0.25) is 0 Å². The molecule has 1 aromatic rings. The highest BCUT2D eigenvalue weighted by Crippen LogP contribution is 2.30. The summed E-state index contributed by atoms with van der Waals surface area (Å²) >= 11 is 0. The summed E-state index contributed by atoms with van der Waals surface area (Å²) in [6.07, 6.45) is 3.57. The predicted octanol–water partition coefficient (Wildman–Crippen LogP) is 0.998. The molecule has 7 heteroatoms. The second kappa shape index (κ2) is 6.53. The molecular weight excluding hydrogens is 246 g/mol. The van der Waals surface area contributed by atoms with Gasteiger partial charge in [0.1, 0.15) is 6.33 Å². The number of nitrogens with one attached hydrogen (secondary N) is 2. The summed E-state index contributed by atoms with van der Waals surface area (Å²) < 4.78 is 10.7. The van der Waals surface area contributed by atoms with Gasteiger partial charge in [0.25, 0.3) is 0 Å². The van der Waals surface area contributed by atoms with Gasteiger partial charge in [0.15, 0.2) is 11.6 Å². The van der Waals surface area contributed by atoms with E-state index >= 15 is 0 Å². The highest BCUT2D eigenvalue weighted by atomic mass is 16.5. The Morgan fingerprint density at radius 3 is 2.68 bits per heavy atom. The second-order valence-electron chi connectivity index (χ2n) is 4.63. The van der Waals surface area contributed by atoms with Crippen LogP contribution >= 0.6 is 0 Å². The fraction of sp³-hybridized carbons (Fsp3) is 0.667. The summed E-state index contributed by atoms with van der Waals surface area (Å²) in [5.74, 6) is 7.64. The Morgan fingerprint density at radius 2 is 2.05 bits per heavy atom. The average Bonchev–Trinajstić information content (AvgIpc) is 2.47. The third-order valence-electron chi connectivity index (χ3n) is 3.48. The standard InChI is InChI=1S/C12H21N5O2/c1-8(9-3-5-19-6-4-9)16-11-10(18-2)12(17-13)15-7-14-11/h7-9H,3-6,13H2,1-2H3,(H2,14,15,16,17). The van der Waals surface area contributed by atoms with Gasteiger partial charge in [-0.25, -0.2) is 15.8 Å². The number of ether oxygens (including phenoxy) is 2. The fourth-order valence-electron chi connectivity index (χ4n) is 2.32. The highest BCUT2D eigenvalue weighted by Gasteiger charge is 2.22. The molecule has 0 bridgehead atoms. The van der Waals surface area contributed by atoms with Crippen LogP contribution in [-0.4, -0.2) is 36.3 Å². The number of aromatic nitrogens is 2. The van der Waals surface area contributed by atoms with Crippen molar-refractivity contribution >= 4 is 11.6 Å². The summed E-state index contributed by atoms with van der Waals surface area (Å²) in [6, 6.07) is 0.290. The van der Waals surface area contributed by atoms with Crippen LogP contribution < -0.4 is 21.3 Å². The van der Waals surface area contributed by atoms with Gasteiger partial charge in [-0.2, -0.15) is 0 Å². The van der Waals surface area contributed by atoms with Gasteiger partial charge in [0.05, 0.1) is 7.11 Å². The number of hydrazine groups is 1. The molecule has 1 fully saturated rings. The number of anilines is 2. The van der Waals surface area contributed by atoms with Crippen molar-refractivity contribution in [2.24, 2.45) is 11.8 Å². The van der Waals surface area contributed by atoms with E-state index in [0.717, 1.165) is 26.1 Å². The Bertz CT molecular complexity index is 409. The SMILES string of the molecule is COc1c(NN)ncnc1NC(C)C1CCOCC1. The van der Waals surface area contributed by atoms with E-state index in [9.17, 15) is 0 Å². The van der Waals surface area contributed by atoms with Crippen LogP contribution in [0.25, 0.3) is 0 Å². The lowest BCUT2D eigenvalue weighted by Crippen LogP contribution is -2.31. The highest BCUT2D eigenvalue weighted by molar-refractivity contribution is 5.63. The topological polar surface area (TPSA) is 94.3 Å². The van der Waals surface area contributed by atoms with E-state index in [1.165, 1.54) is 6.33 Å². The zero-order valence-electron chi connectivity index (χ0n) is 11.3. The smallest absolute Gasteiger partial charge is 0.205 e. The third-order valence-corrected chi connectivity index (χ3v) is 3.48. The Hall–Kier alpha value is -1.60. The number of nitrogens with two attached hydrogens (primary N) is 1. The molecule has 0 aliphatic carbocycles. The van der Waals surface area contributed by atoms with E-state index in [-0.39, 0.29) is 0 Å². The van der Waals surface area contributed by atoms with E-state index in [1.54, 1.807) is 7.11 Å². The minimum absolute atomic E-state index is 0.290. The summed E-state index contributed by atoms with van der Waals surface area (Å²) in [6.45, 7) is 3.80. The zero-order valence-corrected chi connectivity index (χ0v) is 11.3. The van der Waals surface area contributed by atoms with Gasteiger partial charge >= 0.3 is 0 Å². The Morgan fingerprint density at radius 1 is 1.37 bits per heavy atom. The number of rotatable bonds is 5. The molecule has 19 heavy (non-hydrogen) atoms. The molecule has 2 rings (SSSR count). The quantitative estimate of drug-likeness (QED) is 0.541. The molecule has 0 amide bonds. The van der Waals surface area contributed by atoms with Crippen LogP contribution in [0.15, 0.2) is 6.33 Å². The van der Waals surface area contributed by atoms with Gasteiger partial charge < -0.3 is 20.2 Å². The summed E-state index contributed by atoms with van der Waals surface area (Å²) in [7, 11) is 1.57. The second-order valence-corrected chi connectivity index (χ2v) is 4.63.